The second kappa shape index (κ2) is 10.8. The molecule has 2 aliphatic heterocycles. The molecular formula is C32H33N7O4. The molecule has 220 valence electrons. The van der Waals surface area contributed by atoms with E-state index in [2.05, 4.69) is 25.9 Å². The van der Waals surface area contributed by atoms with E-state index in [0.717, 1.165) is 71.4 Å². The molecule has 2 aromatic heterocycles. The summed E-state index contributed by atoms with van der Waals surface area (Å²) in [6.45, 7) is 0.725. The molecule has 43 heavy (non-hydrogen) atoms. The van der Waals surface area contributed by atoms with Crippen molar-refractivity contribution in [2.75, 3.05) is 11.9 Å². The summed E-state index contributed by atoms with van der Waals surface area (Å²) in [4.78, 5) is 58.5. The zero-order valence-electron chi connectivity index (χ0n) is 23.6. The lowest BCUT2D eigenvalue weighted by atomic mass is 9.78. The Morgan fingerprint density at radius 1 is 1.05 bits per heavy atom. The van der Waals surface area contributed by atoms with Crippen LogP contribution in [0.1, 0.15) is 71.4 Å². The first kappa shape index (κ1) is 27.1. The number of carbonyl (C=O) groups excluding carboxylic acids is 4. The number of nitrogens with one attached hydrogen (secondary N) is 5. The van der Waals surface area contributed by atoms with Crippen molar-refractivity contribution in [3.05, 3.63) is 65.7 Å². The Kier molecular flexibility index (Phi) is 6.79. The predicted octanol–water partition coefficient (Wildman–Crippen LogP) is 3.61. The molecule has 0 bridgehead atoms. The molecule has 2 saturated carbocycles. The number of piperidine rings is 1. The van der Waals surface area contributed by atoms with Crippen molar-refractivity contribution in [2.45, 2.75) is 57.0 Å². The van der Waals surface area contributed by atoms with Crippen LogP contribution in [0.5, 0.6) is 0 Å². The summed E-state index contributed by atoms with van der Waals surface area (Å²) in [6.07, 6.45) is 11.1. The number of fused-ring (bicyclic) bond motifs is 2. The Hall–Kier alpha value is -4.80. The predicted molar refractivity (Wildman–Crippen MR) is 160 cm³/mol. The van der Waals surface area contributed by atoms with Gasteiger partial charge in [0, 0.05) is 59.7 Å². The third-order valence-electron chi connectivity index (χ3n) is 9.01. The average molecular weight is 580 g/mol. The number of pyridine rings is 1. The molecule has 4 heterocycles. The van der Waals surface area contributed by atoms with Crippen LogP contribution in [0.25, 0.3) is 16.5 Å². The first-order valence-electron chi connectivity index (χ1n) is 14.9. The zero-order chi connectivity index (χ0) is 29.7. The number of benzene rings is 1. The Morgan fingerprint density at radius 2 is 1.86 bits per heavy atom. The Morgan fingerprint density at radius 3 is 2.65 bits per heavy atom. The van der Waals surface area contributed by atoms with Gasteiger partial charge in [0.15, 0.2) is 0 Å². The van der Waals surface area contributed by atoms with E-state index < -0.39 is 29.7 Å². The molecule has 0 radical (unpaired) electrons. The molecule has 1 aromatic carbocycles. The van der Waals surface area contributed by atoms with E-state index in [1.807, 2.05) is 30.7 Å². The Balaban J connectivity index is 0.918. The summed E-state index contributed by atoms with van der Waals surface area (Å²) in [7, 11) is 0. The quantitative estimate of drug-likeness (QED) is 0.181. The van der Waals surface area contributed by atoms with Crippen molar-refractivity contribution in [1.82, 2.24) is 25.5 Å². The normalized spacial score (nSPS) is 23.7. The van der Waals surface area contributed by atoms with Crippen LogP contribution < -0.4 is 16.0 Å². The molecular weight excluding hydrogens is 546 g/mol. The van der Waals surface area contributed by atoms with E-state index in [1.165, 1.54) is 0 Å². The monoisotopic (exact) mass is 579 g/mol. The minimum Gasteiger partial charge on any atom is -0.388 e. The van der Waals surface area contributed by atoms with Gasteiger partial charge in [-0.3, -0.25) is 34.4 Å². The van der Waals surface area contributed by atoms with E-state index in [1.54, 1.807) is 18.2 Å². The summed E-state index contributed by atoms with van der Waals surface area (Å²) >= 11 is 0. The van der Waals surface area contributed by atoms with Crippen molar-refractivity contribution in [1.29, 1.82) is 5.41 Å². The molecule has 0 spiro atoms. The summed E-state index contributed by atoms with van der Waals surface area (Å²) < 4.78 is 0. The van der Waals surface area contributed by atoms with E-state index in [4.69, 9.17) is 5.41 Å². The molecule has 5 N–H and O–H groups in total. The molecule has 11 nitrogen and oxygen atoms in total. The van der Waals surface area contributed by atoms with Crippen molar-refractivity contribution >= 4 is 51.5 Å². The number of hydrogen-bond acceptors (Lipinski definition) is 8. The highest BCUT2D eigenvalue weighted by Gasteiger charge is 2.44. The maximum atomic E-state index is 13.1. The SMILES string of the molecule is N=C(/C(=C\NC1CC(CCNc2ccc3c(c2)C(=O)N(C2CCC(=O)NC2=O)C3=O)C1)c1cc2cc[nH]c2cn1)C1CC1. The minimum atomic E-state index is -0.967. The van der Waals surface area contributed by atoms with Crippen LogP contribution in [0.3, 0.4) is 0 Å². The number of H-pyrrole nitrogens is 1. The highest BCUT2D eigenvalue weighted by atomic mass is 16.2. The van der Waals surface area contributed by atoms with E-state index in [-0.39, 0.29) is 24.0 Å². The van der Waals surface area contributed by atoms with Gasteiger partial charge < -0.3 is 21.0 Å². The number of carbonyl (C=O) groups is 4. The van der Waals surface area contributed by atoms with Crippen LogP contribution in [0.2, 0.25) is 0 Å². The zero-order valence-corrected chi connectivity index (χ0v) is 23.6. The van der Waals surface area contributed by atoms with Gasteiger partial charge in [-0.1, -0.05) is 0 Å². The maximum Gasteiger partial charge on any atom is 0.262 e. The summed E-state index contributed by atoms with van der Waals surface area (Å²) in [5.74, 6) is -1.13. The summed E-state index contributed by atoms with van der Waals surface area (Å²) in [6, 6.07) is 8.53. The van der Waals surface area contributed by atoms with Crippen molar-refractivity contribution < 1.29 is 19.2 Å². The molecule has 1 saturated heterocycles. The summed E-state index contributed by atoms with van der Waals surface area (Å²) in [5.41, 5.74) is 4.64. The maximum absolute atomic E-state index is 13.1. The van der Waals surface area contributed by atoms with Crippen molar-refractivity contribution in [3.8, 4) is 0 Å². The third-order valence-corrected chi connectivity index (χ3v) is 9.01. The number of amides is 4. The van der Waals surface area contributed by atoms with Crippen molar-refractivity contribution in [2.24, 2.45) is 11.8 Å². The Labute approximate surface area is 248 Å². The van der Waals surface area contributed by atoms with Gasteiger partial charge in [0.05, 0.1) is 28.5 Å². The number of aromatic nitrogens is 2. The highest BCUT2D eigenvalue weighted by Crippen LogP contribution is 2.36. The number of nitrogens with zero attached hydrogens (tertiary/aromatic N) is 2. The second-order valence-electron chi connectivity index (χ2n) is 12.0. The molecule has 7 rings (SSSR count). The highest BCUT2D eigenvalue weighted by molar-refractivity contribution is 6.24. The van der Waals surface area contributed by atoms with Crippen LogP contribution in [0, 0.1) is 17.2 Å². The number of imide groups is 2. The minimum absolute atomic E-state index is 0.0946. The lowest BCUT2D eigenvalue weighted by molar-refractivity contribution is -0.136. The standard InChI is InChI=1S/C32H33N7O4/c33-29(18-1-2-18)24(25-13-19-8-10-35-26(19)16-37-25)15-36-21-11-17(12-21)7-9-34-20-3-4-22-23(14-20)32(43)39(31(22)42)27-5-6-28(40)38-30(27)41/h3-4,8,10,13-18,21,27,33-36H,1-2,5-7,9,11-12H2,(H,38,40,41)/b24-15-,33-29?. The van der Waals surface area contributed by atoms with E-state index >= 15 is 0 Å². The lowest BCUT2D eigenvalue weighted by Gasteiger charge is -2.36. The van der Waals surface area contributed by atoms with Gasteiger partial charge in [0.2, 0.25) is 11.8 Å². The fraction of sp³-hybridized carbons (Fsp3) is 0.375. The van der Waals surface area contributed by atoms with Crippen LogP contribution in [-0.4, -0.2) is 62.8 Å². The molecule has 1 atom stereocenters. The molecule has 3 aromatic rings. The van der Waals surface area contributed by atoms with Crippen LogP contribution in [-0.2, 0) is 9.59 Å². The average Bonchev–Trinajstić information content (AvgIpc) is 3.67. The van der Waals surface area contributed by atoms with E-state index in [0.29, 0.717) is 23.6 Å². The van der Waals surface area contributed by atoms with Gasteiger partial charge in [-0.2, -0.15) is 0 Å². The van der Waals surface area contributed by atoms with Crippen LogP contribution >= 0.6 is 0 Å². The number of anilines is 1. The second-order valence-corrected chi connectivity index (χ2v) is 12.0. The first-order chi connectivity index (χ1) is 20.9. The van der Waals surface area contributed by atoms with Gasteiger partial charge in [-0.05, 0) is 74.8 Å². The smallest absolute Gasteiger partial charge is 0.262 e. The fourth-order valence-corrected chi connectivity index (χ4v) is 6.29. The number of allylic oxidation sites excluding steroid dienone is 1. The number of aromatic amines is 1. The van der Waals surface area contributed by atoms with Gasteiger partial charge in [0.1, 0.15) is 6.04 Å². The molecule has 11 heteroatoms. The molecule has 2 aliphatic carbocycles. The van der Waals surface area contributed by atoms with Crippen molar-refractivity contribution in [3.63, 3.8) is 0 Å². The molecule has 4 aliphatic rings. The Bertz CT molecular complexity index is 1700. The lowest BCUT2D eigenvalue weighted by Crippen LogP contribution is -2.54. The van der Waals surface area contributed by atoms with Crippen LogP contribution in [0.15, 0.2) is 48.9 Å². The van der Waals surface area contributed by atoms with Gasteiger partial charge in [0.25, 0.3) is 11.8 Å². The number of rotatable bonds is 10. The first-order valence-corrected chi connectivity index (χ1v) is 14.9. The molecule has 3 fully saturated rings. The third kappa shape index (κ3) is 5.19. The largest absolute Gasteiger partial charge is 0.388 e. The van der Waals surface area contributed by atoms with Gasteiger partial charge in [-0.25, -0.2) is 0 Å². The topological polar surface area (TPSA) is 160 Å². The number of hydrogen-bond donors (Lipinski definition) is 5. The molecule has 1 unspecified atom stereocenters. The summed E-state index contributed by atoms with van der Waals surface area (Å²) in [5, 5.41) is 18.9. The van der Waals surface area contributed by atoms with Crippen LogP contribution in [0.4, 0.5) is 5.69 Å². The van der Waals surface area contributed by atoms with Gasteiger partial charge in [-0.15, -0.1) is 0 Å². The molecule has 4 amide bonds. The fourth-order valence-electron chi connectivity index (χ4n) is 6.29. The van der Waals surface area contributed by atoms with Gasteiger partial charge >= 0.3 is 0 Å². The van der Waals surface area contributed by atoms with E-state index in [9.17, 15) is 19.2 Å².